The second kappa shape index (κ2) is 6.95. The lowest BCUT2D eigenvalue weighted by atomic mass is 9.95. The first kappa shape index (κ1) is 17.0. The van der Waals surface area contributed by atoms with Gasteiger partial charge in [0.1, 0.15) is 5.75 Å². The zero-order chi connectivity index (χ0) is 18.7. The van der Waals surface area contributed by atoms with Crippen molar-refractivity contribution in [3.8, 4) is 16.9 Å². The molecule has 0 aliphatic rings. The number of hydrogen-bond acceptors (Lipinski definition) is 2. The van der Waals surface area contributed by atoms with Crippen molar-refractivity contribution in [3.63, 3.8) is 0 Å². The number of amides is 1. The first-order valence-electron chi connectivity index (χ1n) is 7.76. The molecule has 1 amide bonds. The van der Waals surface area contributed by atoms with Crippen molar-refractivity contribution in [3.05, 3.63) is 71.6 Å². The molecule has 26 heavy (non-hydrogen) atoms. The van der Waals surface area contributed by atoms with Gasteiger partial charge in [0.05, 0.1) is 13.7 Å². The van der Waals surface area contributed by atoms with Crippen molar-refractivity contribution < 1.29 is 9.53 Å². The molecular weight excluding hydrogens is 328 g/mol. The molecule has 0 heterocycles. The van der Waals surface area contributed by atoms with Gasteiger partial charge >= 0.3 is 0 Å². The van der Waals surface area contributed by atoms with E-state index in [1.165, 1.54) is 0 Å². The molecule has 0 saturated heterocycles. The van der Waals surface area contributed by atoms with Crippen molar-refractivity contribution in [2.24, 2.45) is 16.5 Å². The Morgan fingerprint density at radius 2 is 1.88 bits per heavy atom. The zero-order valence-electron chi connectivity index (χ0n) is 14.1. The number of methoxy groups -OCH3 is 1. The van der Waals surface area contributed by atoms with Crippen molar-refractivity contribution >= 4 is 28.3 Å². The molecule has 0 aliphatic heterocycles. The molecule has 0 fully saturated rings. The van der Waals surface area contributed by atoms with Crippen LogP contribution in [-0.4, -0.2) is 19.0 Å². The van der Waals surface area contributed by atoms with Gasteiger partial charge in [0.15, 0.2) is 11.6 Å². The molecule has 4 N–H and O–H groups in total. The van der Waals surface area contributed by atoms with Gasteiger partial charge in [0.2, 0.25) is 0 Å². The van der Waals surface area contributed by atoms with Crippen molar-refractivity contribution in [1.82, 2.24) is 0 Å². The van der Waals surface area contributed by atoms with Crippen LogP contribution in [0, 0.1) is 6.57 Å². The van der Waals surface area contributed by atoms with Crippen molar-refractivity contribution in [2.45, 2.75) is 0 Å². The van der Waals surface area contributed by atoms with Crippen LogP contribution in [0.1, 0.15) is 10.4 Å². The topological polar surface area (TPSA) is 95.1 Å². The largest absolute Gasteiger partial charge is 0.498 e. The van der Waals surface area contributed by atoms with Gasteiger partial charge in [-0.3, -0.25) is 4.79 Å². The number of aliphatic imine (C=N–C) groups is 1. The number of rotatable bonds is 3. The summed E-state index contributed by atoms with van der Waals surface area (Å²) < 4.78 is 5.20. The second-order valence-corrected chi connectivity index (χ2v) is 5.58. The number of benzene rings is 3. The molecule has 0 unspecified atom stereocenters. The third-order valence-corrected chi connectivity index (χ3v) is 3.98. The van der Waals surface area contributed by atoms with E-state index in [9.17, 15) is 4.79 Å². The summed E-state index contributed by atoms with van der Waals surface area (Å²) >= 11 is 0. The Morgan fingerprint density at radius 1 is 1.08 bits per heavy atom. The van der Waals surface area contributed by atoms with E-state index in [1.54, 1.807) is 31.4 Å². The molecule has 3 rings (SSSR count). The van der Waals surface area contributed by atoms with Gasteiger partial charge in [-0.05, 0) is 46.2 Å². The fourth-order valence-electron chi connectivity index (χ4n) is 2.78. The number of carbonyl (C=O) groups excluding carboxylic acids is 1. The zero-order valence-corrected chi connectivity index (χ0v) is 14.1. The van der Waals surface area contributed by atoms with E-state index in [4.69, 9.17) is 22.8 Å². The molecule has 0 aromatic heterocycles. The summed E-state index contributed by atoms with van der Waals surface area (Å²) in [5.74, 6) is -0.181. The van der Waals surface area contributed by atoms with Crippen LogP contribution in [0.2, 0.25) is 0 Å². The van der Waals surface area contributed by atoms with Crippen LogP contribution in [0.25, 0.3) is 26.7 Å². The lowest BCUT2D eigenvalue weighted by Crippen LogP contribution is -2.24. The average Bonchev–Trinajstić information content (AvgIpc) is 2.66. The van der Waals surface area contributed by atoms with Crippen LogP contribution in [0.15, 0.2) is 59.6 Å². The maximum atomic E-state index is 12.1. The van der Waals surface area contributed by atoms with Gasteiger partial charge in [0, 0.05) is 5.56 Å². The van der Waals surface area contributed by atoms with Crippen LogP contribution >= 0.6 is 0 Å². The summed E-state index contributed by atoms with van der Waals surface area (Å²) in [4.78, 5) is 19.3. The minimum absolute atomic E-state index is 0.283. The Bertz CT molecular complexity index is 1080. The molecule has 6 heteroatoms. The van der Waals surface area contributed by atoms with Gasteiger partial charge in [-0.25, -0.2) is 4.85 Å². The van der Waals surface area contributed by atoms with Gasteiger partial charge < -0.3 is 16.2 Å². The number of nitrogens with zero attached hydrogens (tertiary/aromatic N) is 2. The fourth-order valence-corrected chi connectivity index (χ4v) is 2.78. The molecule has 0 spiro atoms. The highest BCUT2D eigenvalue weighted by atomic mass is 16.5. The average molecular weight is 344 g/mol. The first-order chi connectivity index (χ1) is 12.5. The highest BCUT2D eigenvalue weighted by molar-refractivity contribution is 6.07. The molecule has 6 nitrogen and oxygen atoms in total. The highest BCUT2D eigenvalue weighted by Crippen LogP contribution is 2.37. The summed E-state index contributed by atoms with van der Waals surface area (Å²) in [6.07, 6.45) is 0. The minimum Gasteiger partial charge on any atom is -0.498 e. The SMILES string of the molecule is [C-]#[N+]c1cc(OC)ccc1-c1cccc2ccc(C(=O)N=C(N)N)cc12. The summed E-state index contributed by atoms with van der Waals surface area (Å²) in [5, 5.41) is 1.77. The predicted molar refractivity (Wildman–Crippen MR) is 102 cm³/mol. The van der Waals surface area contributed by atoms with Crippen molar-refractivity contribution in [1.29, 1.82) is 0 Å². The van der Waals surface area contributed by atoms with Crippen LogP contribution in [0.3, 0.4) is 0 Å². The van der Waals surface area contributed by atoms with E-state index in [2.05, 4.69) is 9.84 Å². The number of ether oxygens (including phenoxy) is 1. The van der Waals surface area contributed by atoms with Gasteiger partial charge in [-0.15, -0.1) is 0 Å². The Hall–Kier alpha value is -3.85. The number of guanidine groups is 1. The van der Waals surface area contributed by atoms with Gasteiger partial charge in [-0.1, -0.05) is 30.3 Å². The van der Waals surface area contributed by atoms with E-state index < -0.39 is 5.91 Å². The predicted octanol–water partition coefficient (Wildman–Crippen LogP) is 3.48. The summed E-state index contributed by atoms with van der Waals surface area (Å²) in [7, 11) is 1.56. The van der Waals surface area contributed by atoms with Gasteiger partial charge in [0.25, 0.3) is 5.91 Å². The molecule has 0 atom stereocenters. The Morgan fingerprint density at radius 3 is 2.58 bits per heavy atom. The number of carbonyl (C=O) groups is 1. The maximum absolute atomic E-state index is 12.1. The fraction of sp³-hybridized carbons (Fsp3) is 0.0500. The van der Waals surface area contributed by atoms with Crippen LogP contribution < -0.4 is 16.2 Å². The molecule has 3 aromatic carbocycles. The van der Waals surface area contributed by atoms with Crippen LogP contribution in [-0.2, 0) is 0 Å². The quantitative estimate of drug-likeness (QED) is 0.432. The van der Waals surface area contributed by atoms with Gasteiger partial charge in [-0.2, -0.15) is 4.99 Å². The molecule has 0 saturated carbocycles. The van der Waals surface area contributed by atoms with E-state index >= 15 is 0 Å². The lowest BCUT2D eigenvalue weighted by Gasteiger charge is -2.11. The monoisotopic (exact) mass is 344 g/mol. The standard InChI is InChI=1S/C20H16N4O2/c1-23-18-11-14(26-2)8-9-16(18)15-5-3-4-12-6-7-13(10-17(12)15)19(25)24-20(21)22/h3-11H,2H3,(H4,21,22,24,25). The lowest BCUT2D eigenvalue weighted by molar-refractivity contribution is 0.100. The van der Waals surface area contributed by atoms with E-state index in [0.29, 0.717) is 17.0 Å². The third-order valence-electron chi connectivity index (χ3n) is 3.98. The van der Waals surface area contributed by atoms with E-state index in [1.807, 2.05) is 30.3 Å². The van der Waals surface area contributed by atoms with E-state index in [-0.39, 0.29) is 5.96 Å². The number of hydrogen-bond donors (Lipinski definition) is 2. The highest BCUT2D eigenvalue weighted by Gasteiger charge is 2.12. The second-order valence-electron chi connectivity index (χ2n) is 5.58. The molecule has 128 valence electrons. The van der Waals surface area contributed by atoms with E-state index in [0.717, 1.165) is 21.9 Å². The smallest absolute Gasteiger partial charge is 0.280 e. The normalized spacial score (nSPS) is 10.2. The molecule has 3 aromatic rings. The Balaban J connectivity index is 2.23. The number of fused-ring (bicyclic) bond motifs is 1. The summed E-state index contributed by atoms with van der Waals surface area (Å²) in [5.41, 5.74) is 13.0. The third kappa shape index (κ3) is 3.19. The summed E-state index contributed by atoms with van der Waals surface area (Å²) in [6, 6.07) is 16.3. The first-order valence-corrected chi connectivity index (χ1v) is 7.76. The molecular formula is C20H16N4O2. The minimum atomic E-state index is -0.512. The molecule has 0 aliphatic carbocycles. The maximum Gasteiger partial charge on any atom is 0.280 e. The Labute approximate surface area is 150 Å². The van der Waals surface area contributed by atoms with Crippen LogP contribution in [0.5, 0.6) is 5.75 Å². The molecule has 0 bridgehead atoms. The number of nitrogens with two attached hydrogens (primary N) is 2. The van der Waals surface area contributed by atoms with Crippen LogP contribution in [0.4, 0.5) is 5.69 Å². The Kier molecular flexibility index (Phi) is 4.54. The molecule has 0 radical (unpaired) electrons. The summed E-state index contributed by atoms with van der Waals surface area (Å²) in [6.45, 7) is 7.47. The van der Waals surface area contributed by atoms with Crippen molar-refractivity contribution in [2.75, 3.05) is 7.11 Å².